The van der Waals surface area contributed by atoms with Crippen LogP contribution in [-0.4, -0.2) is 43.1 Å². The van der Waals surface area contributed by atoms with Gasteiger partial charge in [0.2, 0.25) is 10.0 Å². The molecule has 1 saturated heterocycles. The van der Waals surface area contributed by atoms with Gasteiger partial charge in [0.25, 0.3) is 0 Å². The highest BCUT2D eigenvalue weighted by molar-refractivity contribution is 7.89. The molecule has 1 aliphatic heterocycles. The average Bonchev–Trinajstić information content (AvgIpc) is 3.11. The number of nitrogens with zero attached hydrogens (tertiary/aromatic N) is 3. The van der Waals surface area contributed by atoms with Crippen molar-refractivity contribution in [2.24, 2.45) is 0 Å². The number of rotatable bonds is 5. The van der Waals surface area contributed by atoms with Gasteiger partial charge in [0.15, 0.2) is 0 Å². The Morgan fingerprint density at radius 3 is 2.42 bits per heavy atom. The fourth-order valence-electron chi connectivity index (χ4n) is 2.81. The van der Waals surface area contributed by atoms with Gasteiger partial charge in [0, 0.05) is 19.0 Å². The molecule has 0 N–H and O–H groups in total. The number of methoxy groups -OCH3 is 1. The molecule has 0 atom stereocenters. The molecule has 2 aromatic rings. The first kappa shape index (κ1) is 17.3. The van der Waals surface area contributed by atoms with Crippen molar-refractivity contribution in [2.75, 3.05) is 20.2 Å². The van der Waals surface area contributed by atoms with Crippen LogP contribution in [0.5, 0.6) is 5.75 Å². The van der Waals surface area contributed by atoms with Gasteiger partial charge in [0.1, 0.15) is 15.8 Å². The number of hydrogen-bond acceptors (Lipinski definition) is 6. The molecule has 0 spiro atoms. The van der Waals surface area contributed by atoms with Gasteiger partial charge in [-0.1, -0.05) is 6.92 Å². The zero-order chi connectivity index (χ0) is 17.2. The molecule has 1 aliphatic rings. The summed E-state index contributed by atoms with van der Waals surface area (Å²) >= 11 is 1.64. The lowest BCUT2D eigenvalue weighted by Gasteiger charge is -2.30. The summed E-state index contributed by atoms with van der Waals surface area (Å²) in [5.41, 5.74) is 0. The lowest BCUT2D eigenvalue weighted by Crippen LogP contribution is -2.37. The summed E-state index contributed by atoms with van der Waals surface area (Å²) in [7, 11) is -1.89. The fraction of sp³-hybridized carbons (Fsp3) is 0.500. The molecule has 1 fully saturated rings. The summed E-state index contributed by atoms with van der Waals surface area (Å²) in [4.78, 5) is 0.311. The quantitative estimate of drug-likeness (QED) is 0.812. The third-order valence-corrected chi connectivity index (χ3v) is 7.43. The van der Waals surface area contributed by atoms with Crippen molar-refractivity contribution in [3.63, 3.8) is 0 Å². The molecule has 0 bridgehead atoms. The summed E-state index contributed by atoms with van der Waals surface area (Å²) in [5, 5.41) is 10.5. The van der Waals surface area contributed by atoms with E-state index >= 15 is 0 Å². The zero-order valence-corrected chi connectivity index (χ0v) is 15.4. The van der Waals surface area contributed by atoms with Crippen LogP contribution in [0.3, 0.4) is 0 Å². The molecule has 0 amide bonds. The highest BCUT2D eigenvalue weighted by Gasteiger charge is 2.31. The van der Waals surface area contributed by atoms with Gasteiger partial charge in [-0.15, -0.1) is 21.5 Å². The van der Waals surface area contributed by atoms with Crippen molar-refractivity contribution in [1.29, 1.82) is 0 Å². The van der Waals surface area contributed by atoms with Gasteiger partial charge >= 0.3 is 0 Å². The van der Waals surface area contributed by atoms with Crippen LogP contribution in [-0.2, 0) is 16.4 Å². The second kappa shape index (κ2) is 7.16. The average molecular weight is 367 g/mol. The third kappa shape index (κ3) is 3.45. The summed E-state index contributed by atoms with van der Waals surface area (Å²) in [6.45, 7) is 3.09. The van der Waals surface area contributed by atoms with E-state index in [4.69, 9.17) is 4.74 Å². The minimum atomic E-state index is -3.45. The van der Waals surface area contributed by atoms with Crippen molar-refractivity contribution in [3.05, 3.63) is 34.3 Å². The smallest absolute Gasteiger partial charge is 0.243 e. The fourth-order valence-corrected chi connectivity index (χ4v) is 5.24. The van der Waals surface area contributed by atoms with Gasteiger partial charge in [-0.25, -0.2) is 8.42 Å². The second-order valence-corrected chi connectivity index (χ2v) is 8.77. The van der Waals surface area contributed by atoms with Crippen molar-refractivity contribution < 1.29 is 13.2 Å². The van der Waals surface area contributed by atoms with E-state index in [0.29, 0.717) is 29.7 Å². The highest BCUT2D eigenvalue weighted by atomic mass is 32.2. The molecule has 8 heteroatoms. The SMILES string of the molecule is CCc1nnc(C2CCN(S(=O)(=O)c3ccc(OC)cc3)CC2)s1. The predicted molar refractivity (Wildman–Crippen MR) is 93.0 cm³/mol. The first-order chi connectivity index (χ1) is 11.5. The van der Waals surface area contributed by atoms with Crippen LogP contribution in [0, 0.1) is 0 Å². The van der Waals surface area contributed by atoms with Crippen LogP contribution in [0.2, 0.25) is 0 Å². The molecule has 130 valence electrons. The molecule has 24 heavy (non-hydrogen) atoms. The monoisotopic (exact) mass is 367 g/mol. The number of sulfonamides is 1. The molecule has 1 aromatic carbocycles. The number of aryl methyl sites for hydroxylation is 1. The standard InChI is InChI=1S/C16H21N3O3S2/c1-3-15-17-18-16(23-15)12-8-10-19(11-9-12)24(20,21)14-6-4-13(22-2)5-7-14/h4-7,12H,3,8-11H2,1-2H3. The Balaban J connectivity index is 1.68. The Labute approximate surface area is 146 Å². The van der Waals surface area contributed by atoms with E-state index in [1.165, 1.54) is 0 Å². The molecule has 0 aliphatic carbocycles. The third-order valence-electron chi connectivity index (χ3n) is 4.29. The summed E-state index contributed by atoms with van der Waals surface area (Å²) < 4.78 is 32.1. The van der Waals surface area contributed by atoms with Crippen molar-refractivity contribution >= 4 is 21.4 Å². The molecule has 2 heterocycles. The Morgan fingerprint density at radius 2 is 1.88 bits per heavy atom. The van der Waals surface area contributed by atoms with E-state index < -0.39 is 10.0 Å². The first-order valence-corrected chi connectivity index (χ1v) is 10.3. The molecule has 0 unspecified atom stereocenters. The largest absolute Gasteiger partial charge is 0.497 e. The Bertz CT molecular complexity index is 779. The number of ether oxygens (including phenoxy) is 1. The highest BCUT2D eigenvalue weighted by Crippen LogP contribution is 2.32. The van der Waals surface area contributed by atoms with Gasteiger partial charge < -0.3 is 4.74 Å². The second-order valence-electron chi connectivity index (χ2n) is 5.74. The molecular weight excluding hydrogens is 346 g/mol. The van der Waals surface area contributed by atoms with Gasteiger partial charge in [0.05, 0.1) is 12.0 Å². The Hall–Kier alpha value is -1.51. The van der Waals surface area contributed by atoms with Crippen LogP contribution >= 0.6 is 11.3 Å². The molecule has 0 radical (unpaired) electrons. The van der Waals surface area contributed by atoms with Gasteiger partial charge in [-0.3, -0.25) is 0 Å². The minimum absolute atomic E-state index is 0.310. The van der Waals surface area contributed by atoms with E-state index in [1.807, 2.05) is 0 Å². The Kier molecular flexibility index (Phi) is 5.17. The molecule has 0 saturated carbocycles. The van der Waals surface area contributed by atoms with E-state index in [-0.39, 0.29) is 0 Å². The van der Waals surface area contributed by atoms with Crippen LogP contribution < -0.4 is 4.74 Å². The van der Waals surface area contributed by atoms with E-state index in [1.54, 1.807) is 47.0 Å². The van der Waals surface area contributed by atoms with E-state index in [2.05, 4.69) is 17.1 Å². The maximum Gasteiger partial charge on any atom is 0.243 e. The normalized spacial score (nSPS) is 17.1. The maximum atomic E-state index is 12.7. The van der Waals surface area contributed by atoms with Crippen LogP contribution in [0.4, 0.5) is 0 Å². The van der Waals surface area contributed by atoms with Crippen molar-refractivity contribution in [3.8, 4) is 5.75 Å². The number of hydrogen-bond donors (Lipinski definition) is 0. The molecule has 1 aromatic heterocycles. The van der Waals surface area contributed by atoms with Crippen LogP contribution in [0.25, 0.3) is 0 Å². The van der Waals surface area contributed by atoms with Crippen LogP contribution in [0.15, 0.2) is 29.2 Å². The van der Waals surface area contributed by atoms with Crippen molar-refractivity contribution in [1.82, 2.24) is 14.5 Å². The number of benzene rings is 1. The topological polar surface area (TPSA) is 72.4 Å². The van der Waals surface area contributed by atoms with E-state index in [0.717, 1.165) is 29.3 Å². The first-order valence-electron chi connectivity index (χ1n) is 8.01. The summed E-state index contributed by atoms with van der Waals surface area (Å²) in [6.07, 6.45) is 2.46. The number of aromatic nitrogens is 2. The van der Waals surface area contributed by atoms with Crippen LogP contribution in [0.1, 0.15) is 35.7 Å². The van der Waals surface area contributed by atoms with E-state index in [9.17, 15) is 8.42 Å². The van der Waals surface area contributed by atoms with Gasteiger partial charge in [-0.05, 0) is 43.5 Å². The predicted octanol–water partition coefficient (Wildman–Crippen LogP) is 2.68. The Morgan fingerprint density at radius 1 is 1.21 bits per heavy atom. The summed E-state index contributed by atoms with van der Waals surface area (Å²) in [5.74, 6) is 0.959. The minimum Gasteiger partial charge on any atom is -0.497 e. The molecule has 3 rings (SSSR count). The lowest BCUT2D eigenvalue weighted by molar-refractivity contribution is 0.318. The summed E-state index contributed by atoms with van der Waals surface area (Å²) in [6, 6.07) is 6.54. The van der Waals surface area contributed by atoms with Gasteiger partial charge in [-0.2, -0.15) is 4.31 Å². The number of piperidine rings is 1. The maximum absolute atomic E-state index is 12.7. The molecule has 6 nitrogen and oxygen atoms in total. The van der Waals surface area contributed by atoms with Crippen molar-refractivity contribution in [2.45, 2.75) is 37.0 Å². The zero-order valence-electron chi connectivity index (χ0n) is 13.8. The lowest BCUT2D eigenvalue weighted by atomic mass is 9.99. The molecular formula is C16H21N3O3S2.